The molecule has 3 rings (SSSR count). The Labute approximate surface area is 145 Å². The molecule has 0 fully saturated rings. The third-order valence-electron chi connectivity index (χ3n) is 4.00. The van der Waals surface area contributed by atoms with Crippen molar-refractivity contribution >= 4 is 22.9 Å². The molecule has 8 nitrogen and oxygen atoms in total. The molecule has 0 saturated heterocycles. The number of benzene rings is 1. The molecular formula is C17H20N6O2. The molecule has 1 atom stereocenters. The summed E-state index contributed by atoms with van der Waals surface area (Å²) in [5.41, 5.74) is 8.85. The molecule has 0 spiro atoms. The van der Waals surface area contributed by atoms with Gasteiger partial charge in [0.15, 0.2) is 11.5 Å². The van der Waals surface area contributed by atoms with E-state index in [-0.39, 0.29) is 5.91 Å². The number of nitrogens with two attached hydrogens (primary N) is 1. The number of rotatable bonds is 5. The smallest absolute Gasteiger partial charge is 0.243 e. The summed E-state index contributed by atoms with van der Waals surface area (Å²) in [5.74, 6) is 0.922. The molecule has 1 unspecified atom stereocenters. The van der Waals surface area contributed by atoms with E-state index >= 15 is 0 Å². The van der Waals surface area contributed by atoms with Crippen LogP contribution in [-0.2, 0) is 11.3 Å². The van der Waals surface area contributed by atoms with Gasteiger partial charge < -0.3 is 20.4 Å². The number of methoxy groups -OCH3 is 1. The Morgan fingerprint density at radius 1 is 1.32 bits per heavy atom. The van der Waals surface area contributed by atoms with Crippen LogP contribution >= 0.6 is 0 Å². The van der Waals surface area contributed by atoms with Crippen molar-refractivity contribution in [3.8, 4) is 5.75 Å². The molecule has 0 radical (unpaired) electrons. The predicted octanol–water partition coefficient (Wildman–Crippen LogP) is 1.60. The van der Waals surface area contributed by atoms with Crippen LogP contribution in [0.3, 0.4) is 0 Å². The van der Waals surface area contributed by atoms with Crippen molar-refractivity contribution in [3.63, 3.8) is 0 Å². The maximum atomic E-state index is 12.5. The van der Waals surface area contributed by atoms with Gasteiger partial charge in [-0.25, -0.2) is 15.0 Å². The van der Waals surface area contributed by atoms with Gasteiger partial charge in [0.2, 0.25) is 5.91 Å². The maximum absolute atomic E-state index is 12.5. The van der Waals surface area contributed by atoms with Gasteiger partial charge in [-0.05, 0) is 37.1 Å². The molecule has 8 heteroatoms. The van der Waals surface area contributed by atoms with E-state index in [1.54, 1.807) is 24.9 Å². The first kappa shape index (κ1) is 16.7. The van der Waals surface area contributed by atoms with E-state index in [2.05, 4.69) is 20.3 Å². The molecular weight excluding hydrogens is 320 g/mol. The summed E-state index contributed by atoms with van der Waals surface area (Å²) >= 11 is 0. The molecule has 1 aromatic carbocycles. The molecule has 3 aromatic rings. The van der Waals surface area contributed by atoms with Gasteiger partial charge in [-0.15, -0.1) is 0 Å². The first-order valence-electron chi connectivity index (χ1n) is 7.85. The number of hydrogen-bond donors (Lipinski definition) is 2. The first-order valence-corrected chi connectivity index (χ1v) is 7.85. The summed E-state index contributed by atoms with van der Waals surface area (Å²) in [4.78, 5) is 24.8. The Kier molecular flexibility index (Phi) is 4.51. The van der Waals surface area contributed by atoms with Gasteiger partial charge in [0.05, 0.1) is 13.4 Å². The minimum atomic E-state index is -0.481. The predicted molar refractivity (Wildman–Crippen MR) is 94.0 cm³/mol. The number of carbonyl (C=O) groups is 1. The quantitative estimate of drug-likeness (QED) is 0.730. The van der Waals surface area contributed by atoms with E-state index in [9.17, 15) is 4.79 Å². The molecule has 2 heterocycles. The van der Waals surface area contributed by atoms with Crippen LogP contribution in [0.15, 0.2) is 30.9 Å². The fraction of sp³-hybridized carbons (Fsp3) is 0.294. The minimum absolute atomic E-state index is 0.142. The number of fused-ring (bicyclic) bond motifs is 1. The molecule has 0 bridgehead atoms. The van der Waals surface area contributed by atoms with E-state index < -0.39 is 6.04 Å². The van der Waals surface area contributed by atoms with Crippen LogP contribution in [0.1, 0.15) is 24.1 Å². The molecule has 0 aliphatic rings. The van der Waals surface area contributed by atoms with Crippen LogP contribution in [0, 0.1) is 6.92 Å². The monoisotopic (exact) mass is 340 g/mol. The van der Waals surface area contributed by atoms with Crippen molar-refractivity contribution in [2.75, 3.05) is 12.8 Å². The van der Waals surface area contributed by atoms with Gasteiger partial charge in [-0.1, -0.05) is 6.07 Å². The zero-order chi connectivity index (χ0) is 18.0. The van der Waals surface area contributed by atoms with Crippen LogP contribution in [-0.4, -0.2) is 32.5 Å². The van der Waals surface area contributed by atoms with Crippen molar-refractivity contribution in [2.45, 2.75) is 26.4 Å². The van der Waals surface area contributed by atoms with Gasteiger partial charge in [-0.2, -0.15) is 0 Å². The highest BCUT2D eigenvalue weighted by Crippen LogP contribution is 2.19. The summed E-state index contributed by atoms with van der Waals surface area (Å²) in [5, 5.41) is 2.93. The number of ether oxygens (including phenoxy) is 1. The van der Waals surface area contributed by atoms with Crippen LogP contribution in [0.4, 0.5) is 5.82 Å². The van der Waals surface area contributed by atoms with Gasteiger partial charge in [-0.3, -0.25) is 4.79 Å². The van der Waals surface area contributed by atoms with E-state index in [1.165, 1.54) is 6.33 Å². The normalized spacial score (nSPS) is 12.1. The fourth-order valence-electron chi connectivity index (χ4n) is 2.66. The van der Waals surface area contributed by atoms with Crippen LogP contribution < -0.4 is 15.8 Å². The van der Waals surface area contributed by atoms with Crippen molar-refractivity contribution in [1.82, 2.24) is 24.8 Å². The fourth-order valence-corrected chi connectivity index (χ4v) is 2.66. The Balaban J connectivity index is 1.74. The molecule has 25 heavy (non-hydrogen) atoms. The number of nitrogens with zero attached hydrogens (tertiary/aromatic N) is 4. The second kappa shape index (κ2) is 6.76. The van der Waals surface area contributed by atoms with E-state index in [0.29, 0.717) is 23.5 Å². The molecule has 130 valence electrons. The molecule has 0 saturated carbocycles. The summed E-state index contributed by atoms with van der Waals surface area (Å²) in [6, 6.07) is 5.37. The minimum Gasteiger partial charge on any atom is -0.497 e. The highest BCUT2D eigenvalue weighted by atomic mass is 16.5. The Hall–Kier alpha value is -3.16. The van der Waals surface area contributed by atoms with E-state index in [4.69, 9.17) is 10.5 Å². The van der Waals surface area contributed by atoms with Crippen molar-refractivity contribution in [3.05, 3.63) is 42.0 Å². The molecule has 2 aromatic heterocycles. The number of anilines is 1. The number of nitrogen functional groups attached to an aromatic ring is 1. The Bertz CT molecular complexity index is 921. The number of aryl methyl sites for hydroxylation is 1. The largest absolute Gasteiger partial charge is 0.497 e. The van der Waals surface area contributed by atoms with E-state index in [0.717, 1.165) is 16.9 Å². The third kappa shape index (κ3) is 3.37. The SMILES string of the molecule is COc1cc(C)cc(CNC(=O)C(C)n2cnc3c(N)ncnc32)c1. The summed E-state index contributed by atoms with van der Waals surface area (Å²) in [6.07, 6.45) is 2.91. The summed E-state index contributed by atoms with van der Waals surface area (Å²) < 4.78 is 6.94. The van der Waals surface area contributed by atoms with Crippen LogP contribution in [0.25, 0.3) is 11.2 Å². The van der Waals surface area contributed by atoms with Crippen LogP contribution in [0.2, 0.25) is 0 Å². The van der Waals surface area contributed by atoms with Crippen molar-refractivity contribution in [2.24, 2.45) is 0 Å². The molecule has 1 amide bonds. The van der Waals surface area contributed by atoms with Gasteiger partial charge >= 0.3 is 0 Å². The number of imidazole rings is 1. The lowest BCUT2D eigenvalue weighted by Gasteiger charge is -2.14. The molecule has 0 aliphatic carbocycles. The standard InChI is InChI=1S/C17H20N6O2/c1-10-4-12(6-13(5-10)25-3)7-19-17(24)11(2)23-9-22-14-15(18)20-8-21-16(14)23/h4-6,8-9,11H,7H2,1-3H3,(H,19,24)(H2,18,20,21). The third-order valence-corrected chi connectivity index (χ3v) is 4.00. The van der Waals surface area contributed by atoms with Crippen LogP contribution in [0.5, 0.6) is 5.75 Å². The average Bonchev–Trinajstić information content (AvgIpc) is 3.04. The first-order chi connectivity index (χ1) is 12.0. The highest BCUT2D eigenvalue weighted by molar-refractivity contribution is 5.85. The van der Waals surface area contributed by atoms with Gasteiger partial charge in [0, 0.05) is 6.54 Å². The zero-order valence-corrected chi connectivity index (χ0v) is 14.4. The molecule has 0 aliphatic heterocycles. The number of amides is 1. The van der Waals surface area contributed by atoms with Crippen molar-refractivity contribution in [1.29, 1.82) is 0 Å². The number of aromatic nitrogens is 4. The summed E-state index contributed by atoms with van der Waals surface area (Å²) in [7, 11) is 1.62. The van der Waals surface area contributed by atoms with E-state index in [1.807, 2.05) is 25.1 Å². The highest BCUT2D eigenvalue weighted by Gasteiger charge is 2.19. The number of nitrogens with one attached hydrogen (secondary N) is 1. The number of hydrogen-bond acceptors (Lipinski definition) is 6. The van der Waals surface area contributed by atoms with Crippen molar-refractivity contribution < 1.29 is 9.53 Å². The summed E-state index contributed by atoms with van der Waals surface area (Å²) in [6.45, 7) is 4.18. The second-order valence-electron chi connectivity index (χ2n) is 5.84. The molecule has 3 N–H and O–H groups in total. The lowest BCUT2D eigenvalue weighted by molar-refractivity contribution is -0.123. The Morgan fingerprint density at radius 3 is 2.88 bits per heavy atom. The topological polar surface area (TPSA) is 108 Å². The maximum Gasteiger partial charge on any atom is 0.243 e. The second-order valence-corrected chi connectivity index (χ2v) is 5.84. The lowest BCUT2D eigenvalue weighted by Crippen LogP contribution is -2.30. The average molecular weight is 340 g/mol. The van der Waals surface area contributed by atoms with Gasteiger partial charge in [0.25, 0.3) is 0 Å². The Morgan fingerprint density at radius 2 is 2.12 bits per heavy atom. The number of carbonyl (C=O) groups excluding carboxylic acids is 1. The zero-order valence-electron chi connectivity index (χ0n) is 14.4. The lowest BCUT2D eigenvalue weighted by atomic mass is 10.1. The van der Waals surface area contributed by atoms with Gasteiger partial charge in [0.1, 0.15) is 23.6 Å².